The molecule has 0 aromatic heterocycles. The first-order valence-corrected chi connectivity index (χ1v) is 8.54. The molecule has 1 aliphatic rings. The third-order valence-corrected chi connectivity index (χ3v) is 4.10. The average Bonchev–Trinajstić information content (AvgIpc) is 2.57. The number of carbonyl (C=O) groups is 1. The van der Waals surface area contributed by atoms with Gasteiger partial charge in [-0.3, -0.25) is 4.79 Å². The van der Waals surface area contributed by atoms with Crippen molar-refractivity contribution in [1.29, 1.82) is 0 Å². The Morgan fingerprint density at radius 1 is 1.18 bits per heavy atom. The van der Waals surface area contributed by atoms with Crippen molar-refractivity contribution in [3.63, 3.8) is 0 Å². The number of unbranched alkanes of at least 4 members (excludes halogenated alkanes) is 3. The number of carbonyl (C=O) groups excluding carboxylic acids is 1. The van der Waals surface area contributed by atoms with Gasteiger partial charge in [0, 0.05) is 11.6 Å². The van der Waals surface area contributed by atoms with E-state index in [-0.39, 0.29) is 11.8 Å². The van der Waals surface area contributed by atoms with Gasteiger partial charge in [0.2, 0.25) is 5.91 Å². The summed E-state index contributed by atoms with van der Waals surface area (Å²) in [5.41, 5.74) is 0.849. The fourth-order valence-corrected chi connectivity index (χ4v) is 2.68. The third-order valence-electron chi connectivity index (χ3n) is 4.10. The van der Waals surface area contributed by atoms with Crippen LogP contribution in [-0.4, -0.2) is 25.6 Å². The van der Waals surface area contributed by atoms with Gasteiger partial charge in [-0.15, -0.1) is 0 Å². The van der Waals surface area contributed by atoms with Gasteiger partial charge in [0.1, 0.15) is 5.75 Å². The highest BCUT2D eigenvalue weighted by molar-refractivity contribution is 5.92. The highest BCUT2D eigenvalue weighted by Gasteiger charge is 2.20. The molecular formula is C18H28N2O2. The maximum absolute atomic E-state index is 12.2. The van der Waals surface area contributed by atoms with E-state index < -0.39 is 0 Å². The Bertz CT molecular complexity index is 439. The Morgan fingerprint density at radius 3 is 2.59 bits per heavy atom. The van der Waals surface area contributed by atoms with E-state index in [4.69, 9.17) is 4.74 Å². The Morgan fingerprint density at radius 2 is 1.91 bits per heavy atom. The molecule has 1 fully saturated rings. The van der Waals surface area contributed by atoms with Crippen LogP contribution in [0, 0.1) is 5.92 Å². The molecule has 0 aliphatic carbocycles. The summed E-state index contributed by atoms with van der Waals surface area (Å²) < 4.78 is 5.71. The normalized spacial score (nSPS) is 15.5. The van der Waals surface area contributed by atoms with Gasteiger partial charge in [-0.2, -0.15) is 0 Å². The van der Waals surface area contributed by atoms with Crippen LogP contribution in [-0.2, 0) is 4.79 Å². The lowest BCUT2D eigenvalue weighted by molar-refractivity contribution is -0.120. The molecule has 1 heterocycles. The van der Waals surface area contributed by atoms with E-state index in [1.165, 1.54) is 19.3 Å². The van der Waals surface area contributed by atoms with Crippen molar-refractivity contribution in [3.05, 3.63) is 24.3 Å². The van der Waals surface area contributed by atoms with Crippen LogP contribution in [0.3, 0.4) is 0 Å². The molecule has 0 unspecified atom stereocenters. The largest absolute Gasteiger partial charge is 0.494 e. The van der Waals surface area contributed by atoms with E-state index in [1.807, 2.05) is 24.3 Å². The van der Waals surface area contributed by atoms with Gasteiger partial charge in [-0.1, -0.05) is 26.2 Å². The van der Waals surface area contributed by atoms with Gasteiger partial charge < -0.3 is 15.4 Å². The number of hydrogen-bond acceptors (Lipinski definition) is 3. The van der Waals surface area contributed by atoms with Crippen molar-refractivity contribution < 1.29 is 9.53 Å². The first kappa shape index (κ1) is 16.8. The monoisotopic (exact) mass is 304 g/mol. The first-order valence-electron chi connectivity index (χ1n) is 8.54. The predicted molar refractivity (Wildman–Crippen MR) is 90.3 cm³/mol. The number of anilines is 1. The quantitative estimate of drug-likeness (QED) is 0.722. The molecule has 0 saturated carbocycles. The van der Waals surface area contributed by atoms with Gasteiger partial charge in [-0.25, -0.2) is 0 Å². The highest BCUT2D eigenvalue weighted by atomic mass is 16.5. The highest BCUT2D eigenvalue weighted by Crippen LogP contribution is 2.19. The molecule has 4 nitrogen and oxygen atoms in total. The van der Waals surface area contributed by atoms with E-state index in [9.17, 15) is 4.79 Å². The van der Waals surface area contributed by atoms with Crippen LogP contribution in [0.1, 0.15) is 45.4 Å². The smallest absolute Gasteiger partial charge is 0.227 e. The fraction of sp³-hybridized carbons (Fsp3) is 0.611. The molecule has 0 spiro atoms. The summed E-state index contributed by atoms with van der Waals surface area (Å²) in [7, 11) is 0. The molecule has 0 radical (unpaired) electrons. The van der Waals surface area contributed by atoms with Crippen LogP contribution in [0.2, 0.25) is 0 Å². The lowest BCUT2D eigenvalue weighted by Crippen LogP contribution is -2.34. The molecule has 0 atom stereocenters. The molecule has 122 valence electrons. The van der Waals surface area contributed by atoms with E-state index in [1.54, 1.807) is 0 Å². The minimum Gasteiger partial charge on any atom is -0.494 e. The Kier molecular flexibility index (Phi) is 7.23. The van der Waals surface area contributed by atoms with E-state index in [0.717, 1.165) is 50.4 Å². The maximum Gasteiger partial charge on any atom is 0.227 e. The molecule has 1 aliphatic heterocycles. The number of ether oxygens (including phenoxy) is 1. The number of hydrogen-bond donors (Lipinski definition) is 2. The Hall–Kier alpha value is -1.55. The number of piperidine rings is 1. The summed E-state index contributed by atoms with van der Waals surface area (Å²) >= 11 is 0. The first-order chi connectivity index (χ1) is 10.8. The third kappa shape index (κ3) is 5.68. The van der Waals surface area contributed by atoms with Crippen molar-refractivity contribution in [1.82, 2.24) is 5.32 Å². The molecule has 1 aromatic carbocycles. The molecule has 2 N–H and O–H groups in total. The van der Waals surface area contributed by atoms with Crippen LogP contribution in [0.5, 0.6) is 5.75 Å². The van der Waals surface area contributed by atoms with Crippen molar-refractivity contribution >= 4 is 11.6 Å². The average molecular weight is 304 g/mol. The van der Waals surface area contributed by atoms with Crippen LogP contribution >= 0.6 is 0 Å². The van der Waals surface area contributed by atoms with Crippen LogP contribution in [0.15, 0.2) is 24.3 Å². The second kappa shape index (κ2) is 9.46. The zero-order chi connectivity index (χ0) is 15.6. The van der Waals surface area contributed by atoms with E-state index in [0.29, 0.717) is 0 Å². The minimum absolute atomic E-state index is 0.134. The fourth-order valence-electron chi connectivity index (χ4n) is 2.68. The summed E-state index contributed by atoms with van der Waals surface area (Å²) in [6, 6.07) is 7.69. The molecule has 1 saturated heterocycles. The molecule has 4 heteroatoms. The second-order valence-corrected chi connectivity index (χ2v) is 5.95. The van der Waals surface area contributed by atoms with Crippen molar-refractivity contribution in [2.45, 2.75) is 45.4 Å². The van der Waals surface area contributed by atoms with E-state index >= 15 is 0 Å². The number of benzene rings is 1. The van der Waals surface area contributed by atoms with Gasteiger partial charge >= 0.3 is 0 Å². The second-order valence-electron chi connectivity index (χ2n) is 5.95. The van der Waals surface area contributed by atoms with Crippen molar-refractivity contribution in [3.8, 4) is 5.75 Å². The number of nitrogens with one attached hydrogen (secondary N) is 2. The summed E-state index contributed by atoms with van der Waals surface area (Å²) in [5, 5.41) is 6.28. The zero-order valence-electron chi connectivity index (χ0n) is 13.6. The summed E-state index contributed by atoms with van der Waals surface area (Å²) in [5.74, 6) is 1.14. The zero-order valence-corrected chi connectivity index (χ0v) is 13.6. The number of rotatable bonds is 8. The van der Waals surface area contributed by atoms with Crippen molar-refractivity contribution in [2.75, 3.05) is 25.0 Å². The number of amides is 1. The summed E-state index contributed by atoms with van der Waals surface area (Å²) in [6.45, 7) is 4.84. The van der Waals surface area contributed by atoms with Gasteiger partial charge in [0.15, 0.2) is 0 Å². The summed E-state index contributed by atoms with van der Waals surface area (Å²) in [4.78, 5) is 12.2. The van der Waals surface area contributed by atoms with Gasteiger partial charge in [-0.05, 0) is 56.6 Å². The lowest BCUT2D eigenvalue weighted by Gasteiger charge is -2.21. The van der Waals surface area contributed by atoms with Crippen LogP contribution in [0.4, 0.5) is 5.69 Å². The summed E-state index contributed by atoms with van der Waals surface area (Å²) in [6.07, 6.45) is 6.68. The van der Waals surface area contributed by atoms with Crippen LogP contribution in [0.25, 0.3) is 0 Å². The Balaban J connectivity index is 1.72. The topological polar surface area (TPSA) is 50.4 Å². The Labute approximate surface area is 133 Å². The molecule has 0 bridgehead atoms. The van der Waals surface area contributed by atoms with E-state index in [2.05, 4.69) is 17.6 Å². The molecule has 1 aromatic rings. The van der Waals surface area contributed by atoms with Crippen LogP contribution < -0.4 is 15.4 Å². The maximum atomic E-state index is 12.2. The predicted octanol–water partition coefficient (Wildman–Crippen LogP) is 3.58. The standard InChI is InChI=1S/C18H28N2O2/c1-2-3-4-5-14-22-17-8-6-16(7-9-17)20-18(21)15-10-12-19-13-11-15/h6-9,15,19H,2-5,10-14H2,1H3,(H,20,21). The van der Waals surface area contributed by atoms with Gasteiger partial charge in [0.25, 0.3) is 0 Å². The minimum atomic E-state index is 0.134. The van der Waals surface area contributed by atoms with Crippen molar-refractivity contribution in [2.24, 2.45) is 5.92 Å². The molecule has 22 heavy (non-hydrogen) atoms. The van der Waals surface area contributed by atoms with Gasteiger partial charge in [0.05, 0.1) is 6.61 Å². The molecule has 2 rings (SSSR count). The molecule has 1 amide bonds. The SMILES string of the molecule is CCCCCCOc1ccc(NC(=O)C2CCNCC2)cc1. The molecular weight excluding hydrogens is 276 g/mol. The lowest BCUT2D eigenvalue weighted by atomic mass is 9.97.